The summed E-state index contributed by atoms with van der Waals surface area (Å²) in [6, 6.07) is 12.2. The highest BCUT2D eigenvalue weighted by Crippen LogP contribution is 2.42. The van der Waals surface area contributed by atoms with Gasteiger partial charge in [0.05, 0.1) is 35.9 Å². The predicted octanol–water partition coefficient (Wildman–Crippen LogP) is 5.03. The largest absolute Gasteiger partial charge is 0.507 e. The number of benzene rings is 2. The van der Waals surface area contributed by atoms with Crippen LogP contribution in [0.4, 0.5) is 0 Å². The van der Waals surface area contributed by atoms with Gasteiger partial charge in [-0.2, -0.15) is 0 Å². The summed E-state index contributed by atoms with van der Waals surface area (Å²) in [7, 11) is 2.95. The molecule has 2 aromatic carbocycles. The predicted molar refractivity (Wildman–Crippen MR) is 128 cm³/mol. The Kier molecular flexibility index (Phi) is 6.77. The second kappa shape index (κ2) is 9.75. The van der Waals surface area contributed by atoms with Gasteiger partial charge in [0.1, 0.15) is 5.76 Å². The lowest BCUT2D eigenvalue weighted by atomic mass is 9.95. The SMILES string of the molecule is COc1ccc(/C(O)=C2\C(=O)C(=O)N(Cc3cccnc3)C2c2ccc(Cl)c(Cl)c2)cc1OC. The standard InChI is InChI=1S/C25H20Cl2N2O5/c1-33-19-8-6-16(11-20(19)34-2)23(30)21-22(15-5-7-17(26)18(27)10-15)29(25(32)24(21)31)13-14-4-3-9-28-12-14/h3-12,22,30H,13H2,1-2H3/b23-21+. The zero-order valence-electron chi connectivity index (χ0n) is 18.3. The van der Waals surface area contributed by atoms with Gasteiger partial charge in [0.25, 0.3) is 11.7 Å². The number of hydrogen-bond donors (Lipinski definition) is 1. The molecule has 7 nitrogen and oxygen atoms in total. The van der Waals surface area contributed by atoms with Gasteiger partial charge in [0.15, 0.2) is 11.5 Å². The number of Topliss-reactive ketones (excluding diaryl/α,β-unsaturated/α-hetero) is 1. The van der Waals surface area contributed by atoms with Crippen LogP contribution < -0.4 is 9.47 Å². The highest BCUT2D eigenvalue weighted by molar-refractivity contribution is 6.46. The van der Waals surface area contributed by atoms with Crippen LogP contribution in [0.25, 0.3) is 5.76 Å². The van der Waals surface area contributed by atoms with Gasteiger partial charge in [-0.15, -0.1) is 0 Å². The average Bonchev–Trinajstić information content (AvgIpc) is 3.10. The Balaban J connectivity index is 1.89. The number of aliphatic hydroxyl groups is 1. The van der Waals surface area contributed by atoms with Crippen LogP contribution in [-0.2, 0) is 16.1 Å². The minimum absolute atomic E-state index is 0.0699. The summed E-state index contributed by atoms with van der Waals surface area (Å²) in [5.41, 5.74) is 1.47. The number of carbonyl (C=O) groups excluding carboxylic acids is 2. The van der Waals surface area contributed by atoms with Crippen LogP contribution in [0.2, 0.25) is 10.0 Å². The summed E-state index contributed by atoms with van der Waals surface area (Å²) in [5, 5.41) is 11.8. The van der Waals surface area contributed by atoms with E-state index in [-0.39, 0.29) is 22.9 Å². The first-order valence-electron chi connectivity index (χ1n) is 10.2. The summed E-state index contributed by atoms with van der Waals surface area (Å²) in [6.07, 6.45) is 3.23. The van der Waals surface area contributed by atoms with E-state index < -0.39 is 17.7 Å². The Morgan fingerprint density at radius 3 is 2.44 bits per heavy atom. The first kappa shape index (κ1) is 23.6. The molecular weight excluding hydrogens is 479 g/mol. The maximum Gasteiger partial charge on any atom is 0.295 e. The summed E-state index contributed by atoms with van der Waals surface area (Å²) < 4.78 is 10.6. The fourth-order valence-electron chi connectivity index (χ4n) is 3.90. The number of rotatable bonds is 6. The number of likely N-dealkylation sites (tertiary alicyclic amines) is 1. The lowest BCUT2D eigenvalue weighted by Gasteiger charge is -2.25. The van der Waals surface area contributed by atoms with E-state index in [0.717, 1.165) is 5.56 Å². The molecule has 34 heavy (non-hydrogen) atoms. The molecule has 9 heteroatoms. The molecule has 0 radical (unpaired) electrons. The molecule has 1 aromatic heterocycles. The molecule has 3 aromatic rings. The minimum Gasteiger partial charge on any atom is -0.507 e. The van der Waals surface area contributed by atoms with E-state index in [1.54, 1.807) is 54.9 Å². The van der Waals surface area contributed by atoms with Crippen LogP contribution in [0.5, 0.6) is 11.5 Å². The van der Waals surface area contributed by atoms with Crippen molar-refractivity contribution < 1.29 is 24.2 Å². The second-order valence-corrected chi connectivity index (χ2v) is 8.35. The number of hydrogen-bond acceptors (Lipinski definition) is 6. The van der Waals surface area contributed by atoms with Gasteiger partial charge in [0.2, 0.25) is 0 Å². The number of aromatic nitrogens is 1. The lowest BCUT2D eigenvalue weighted by Crippen LogP contribution is -2.29. The molecule has 2 heterocycles. The third-order valence-electron chi connectivity index (χ3n) is 5.53. The third kappa shape index (κ3) is 4.32. The van der Waals surface area contributed by atoms with Crippen LogP contribution in [0.15, 0.2) is 66.5 Å². The molecule has 0 spiro atoms. The zero-order valence-corrected chi connectivity index (χ0v) is 19.8. The smallest absolute Gasteiger partial charge is 0.295 e. The fourth-order valence-corrected chi connectivity index (χ4v) is 4.21. The number of halogens is 2. The van der Waals surface area contributed by atoms with Gasteiger partial charge in [-0.05, 0) is 47.5 Å². The summed E-state index contributed by atoms with van der Waals surface area (Å²) in [4.78, 5) is 31.8. The van der Waals surface area contributed by atoms with Crippen LogP contribution in [0.3, 0.4) is 0 Å². The van der Waals surface area contributed by atoms with Gasteiger partial charge >= 0.3 is 0 Å². The van der Waals surface area contributed by atoms with Crippen LogP contribution >= 0.6 is 23.2 Å². The second-order valence-electron chi connectivity index (χ2n) is 7.53. The van der Waals surface area contributed by atoms with Crippen molar-refractivity contribution in [2.45, 2.75) is 12.6 Å². The topological polar surface area (TPSA) is 89.0 Å². The lowest BCUT2D eigenvalue weighted by molar-refractivity contribution is -0.140. The molecular formula is C25H20Cl2N2O5. The number of nitrogens with zero attached hydrogens (tertiary/aromatic N) is 2. The maximum atomic E-state index is 13.2. The summed E-state index contributed by atoms with van der Waals surface area (Å²) in [5.74, 6) is -1.09. The minimum atomic E-state index is -0.900. The normalized spacial score (nSPS) is 17.2. The van der Waals surface area contributed by atoms with Crippen molar-refractivity contribution >= 4 is 40.7 Å². The molecule has 0 bridgehead atoms. The number of aliphatic hydroxyl groups excluding tert-OH is 1. The van der Waals surface area contributed by atoms with E-state index in [4.69, 9.17) is 32.7 Å². The van der Waals surface area contributed by atoms with E-state index in [9.17, 15) is 14.7 Å². The van der Waals surface area contributed by atoms with E-state index in [2.05, 4.69) is 4.98 Å². The molecule has 4 rings (SSSR count). The van der Waals surface area contributed by atoms with Crippen molar-refractivity contribution in [3.8, 4) is 11.5 Å². The van der Waals surface area contributed by atoms with Crippen molar-refractivity contribution in [2.75, 3.05) is 14.2 Å². The quantitative estimate of drug-likeness (QED) is 0.291. The Labute approximate surface area is 206 Å². The fraction of sp³-hybridized carbons (Fsp3) is 0.160. The van der Waals surface area contributed by atoms with Gasteiger partial charge in [-0.25, -0.2) is 0 Å². The number of carbonyl (C=O) groups is 2. The van der Waals surface area contributed by atoms with Gasteiger partial charge in [-0.3, -0.25) is 14.6 Å². The molecule has 1 atom stereocenters. The van der Waals surface area contributed by atoms with Gasteiger partial charge in [0, 0.05) is 24.5 Å². The number of ether oxygens (including phenoxy) is 2. The number of methoxy groups -OCH3 is 2. The number of pyridine rings is 1. The Morgan fingerprint density at radius 2 is 1.79 bits per heavy atom. The first-order valence-corrected chi connectivity index (χ1v) is 11.0. The molecule has 174 valence electrons. The first-order chi connectivity index (χ1) is 16.3. The highest BCUT2D eigenvalue weighted by atomic mass is 35.5. The molecule has 1 fully saturated rings. The van der Waals surface area contributed by atoms with Crippen molar-refractivity contribution in [1.82, 2.24) is 9.88 Å². The van der Waals surface area contributed by atoms with Crippen LogP contribution in [0.1, 0.15) is 22.7 Å². The van der Waals surface area contributed by atoms with E-state index in [0.29, 0.717) is 27.6 Å². The van der Waals surface area contributed by atoms with E-state index >= 15 is 0 Å². The van der Waals surface area contributed by atoms with Gasteiger partial charge in [-0.1, -0.05) is 35.3 Å². The van der Waals surface area contributed by atoms with Crippen molar-refractivity contribution in [3.05, 3.63) is 93.2 Å². The van der Waals surface area contributed by atoms with Gasteiger partial charge < -0.3 is 19.5 Å². The Bertz CT molecular complexity index is 1290. The zero-order chi connectivity index (χ0) is 24.4. The average molecular weight is 499 g/mol. The summed E-state index contributed by atoms with van der Waals surface area (Å²) in [6.45, 7) is 0.103. The Morgan fingerprint density at radius 1 is 1.03 bits per heavy atom. The number of ketones is 1. The third-order valence-corrected chi connectivity index (χ3v) is 6.27. The Hall–Kier alpha value is -3.55. The van der Waals surface area contributed by atoms with Crippen LogP contribution in [0, 0.1) is 0 Å². The molecule has 1 unspecified atom stereocenters. The van der Waals surface area contributed by atoms with E-state index in [1.165, 1.54) is 25.2 Å². The maximum absolute atomic E-state index is 13.2. The number of amides is 1. The highest BCUT2D eigenvalue weighted by Gasteiger charge is 2.46. The molecule has 1 N–H and O–H groups in total. The van der Waals surface area contributed by atoms with Crippen molar-refractivity contribution in [3.63, 3.8) is 0 Å². The molecule has 1 aliphatic heterocycles. The molecule has 1 amide bonds. The van der Waals surface area contributed by atoms with Crippen molar-refractivity contribution in [1.29, 1.82) is 0 Å². The molecule has 0 saturated carbocycles. The molecule has 1 aliphatic rings. The molecule has 1 saturated heterocycles. The monoisotopic (exact) mass is 498 g/mol. The van der Waals surface area contributed by atoms with Crippen molar-refractivity contribution in [2.24, 2.45) is 0 Å². The van der Waals surface area contributed by atoms with Crippen LogP contribution in [-0.4, -0.2) is 40.9 Å². The van der Waals surface area contributed by atoms with E-state index in [1.807, 2.05) is 0 Å². The summed E-state index contributed by atoms with van der Waals surface area (Å²) >= 11 is 12.3. The molecule has 0 aliphatic carbocycles.